The summed E-state index contributed by atoms with van der Waals surface area (Å²) in [6.45, 7) is 0. The van der Waals surface area contributed by atoms with Gasteiger partial charge < -0.3 is 10.3 Å². The van der Waals surface area contributed by atoms with E-state index in [-0.39, 0.29) is 5.82 Å². The predicted molar refractivity (Wildman–Crippen MR) is 94.9 cm³/mol. The fraction of sp³-hybridized carbons (Fsp3) is 0.0625. The molecule has 0 saturated carbocycles. The number of rotatable bonds is 5. The summed E-state index contributed by atoms with van der Waals surface area (Å²) in [5.74, 6) is 7.60. The van der Waals surface area contributed by atoms with Crippen molar-refractivity contribution in [3.8, 4) is 22.2 Å². The molecule has 0 unspecified atom stereocenters. The van der Waals surface area contributed by atoms with E-state index in [0.717, 1.165) is 16.5 Å². The third-order valence-corrected chi connectivity index (χ3v) is 5.28. The van der Waals surface area contributed by atoms with E-state index in [9.17, 15) is 4.39 Å². The number of benzene rings is 1. The molecule has 3 aromatic heterocycles. The normalized spacial score (nSPS) is 11.1. The number of thiazole rings is 1. The van der Waals surface area contributed by atoms with Gasteiger partial charge in [-0.2, -0.15) is 0 Å². The number of nitrogens with zero attached hydrogens (tertiary/aromatic N) is 4. The van der Waals surface area contributed by atoms with Gasteiger partial charge >= 0.3 is 0 Å². The Bertz CT molecular complexity index is 979. The Labute approximate surface area is 150 Å². The van der Waals surface area contributed by atoms with Crippen molar-refractivity contribution in [1.82, 2.24) is 19.9 Å². The van der Waals surface area contributed by atoms with Gasteiger partial charge in [-0.3, -0.25) is 0 Å². The summed E-state index contributed by atoms with van der Waals surface area (Å²) in [7, 11) is 0. The molecular formula is C16H12FN5OS2. The quantitative estimate of drug-likeness (QED) is 0.423. The highest BCUT2D eigenvalue weighted by atomic mass is 32.2. The number of thioether (sulfide) groups is 1. The molecule has 4 rings (SSSR count). The summed E-state index contributed by atoms with van der Waals surface area (Å²) in [5.41, 5.74) is 1.62. The van der Waals surface area contributed by atoms with Gasteiger partial charge in [0.25, 0.3) is 0 Å². The van der Waals surface area contributed by atoms with E-state index >= 15 is 0 Å². The predicted octanol–water partition coefficient (Wildman–Crippen LogP) is 3.81. The Morgan fingerprint density at radius 2 is 2.04 bits per heavy atom. The Morgan fingerprint density at radius 3 is 2.80 bits per heavy atom. The second-order valence-electron chi connectivity index (χ2n) is 5.09. The molecule has 126 valence electrons. The van der Waals surface area contributed by atoms with Crippen LogP contribution in [0.4, 0.5) is 4.39 Å². The highest BCUT2D eigenvalue weighted by Crippen LogP contribution is 2.28. The molecule has 0 fully saturated rings. The molecule has 0 radical (unpaired) electrons. The lowest BCUT2D eigenvalue weighted by molar-refractivity contribution is 0.581. The highest BCUT2D eigenvalue weighted by Gasteiger charge is 2.14. The van der Waals surface area contributed by atoms with E-state index in [1.807, 2.05) is 17.5 Å². The lowest BCUT2D eigenvalue weighted by Gasteiger charge is -2.03. The topological polar surface area (TPSA) is 82.8 Å². The van der Waals surface area contributed by atoms with Crippen molar-refractivity contribution in [3.05, 3.63) is 59.6 Å². The first-order chi connectivity index (χ1) is 12.2. The van der Waals surface area contributed by atoms with Crippen molar-refractivity contribution in [2.75, 3.05) is 5.84 Å². The van der Waals surface area contributed by atoms with E-state index < -0.39 is 0 Å². The first kappa shape index (κ1) is 15.9. The molecule has 0 amide bonds. The molecular weight excluding hydrogens is 361 g/mol. The fourth-order valence-electron chi connectivity index (χ4n) is 2.20. The molecule has 0 saturated heterocycles. The summed E-state index contributed by atoms with van der Waals surface area (Å²) in [6.07, 6.45) is 1.62. The molecule has 0 atom stereocenters. The van der Waals surface area contributed by atoms with Gasteiger partial charge in [-0.25, -0.2) is 14.1 Å². The van der Waals surface area contributed by atoms with Gasteiger partial charge in [0.15, 0.2) is 16.6 Å². The maximum atomic E-state index is 13.0. The van der Waals surface area contributed by atoms with E-state index in [1.54, 1.807) is 18.4 Å². The molecule has 3 heterocycles. The van der Waals surface area contributed by atoms with Crippen LogP contribution >= 0.6 is 23.1 Å². The molecule has 9 heteroatoms. The van der Waals surface area contributed by atoms with E-state index in [4.69, 9.17) is 10.3 Å². The number of furan rings is 1. The van der Waals surface area contributed by atoms with Gasteiger partial charge in [0.05, 0.1) is 12.0 Å². The van der Waals surface area contributed by atoms with Gasteiger partial charge in [0.1, 0.15) is 5.82 Å². The van der Waals surface area contributed by atoms with Gasteiger partial charge in [-0.05, 0) is 36.4 Å². The van der Waals surface area contributed by atoms with Gasteiger partial charge in [0, 0.05) is 16.7 Å². The van der Waals surface area contributed by atoms with Crippen molar-refractivity contribution >= 4 is 23.1 Å². The zero-order chi connectivity index (χ0) is 17.2. The summed E-state index contributed by atoms with van der Waals surface area (Å²) < 4.78 is 19.8. The molecule has 0 bridgehead atoms. The van der Waals surface area contributed by atoms with Crippen LogP contribution in [0.15, 0.2) is 57.6 Å². The zero-order valence-corrected chi connectivity index (χ0v) is 14.4. The zero-order valence-electron chi connectivity index (χ0n) is 12.8. The lowest BCUT2D eigenvalue weighted by atomic mass is 10.2. The number of nitrogen functional groups attached to an aromatic ring is 1. The molecule has 2 N–H and O–H groups in total. The van der Waals surface area contributed by atoms with Crippen LogP contribution in [0, 0.1) is 5.82 Å². The number of nitrogens with two attached hydrogens (primary N) is 1. The maximum Gasteiger partial charge on any atom is 0.210 e. The molecule has 4 aromatic rings. The van der Waals surface area contributed by atoms with Gasteiger partial charge in [-0.15, -0.1) is 21.5 Å². The van der Waals surface area contributed by atoms with E-state index in [0.29, 0.717) is 22.3 Å². The van der Waals surface area contributed by atoms with E-state index in [1.165, 1.54) is 39.9 Å². The molecule has 0 aliphatic carbocycles. The second kappa shape index (κ2) is 6.69. The van der Waals surface area contributed by atoms with Gasteiger partial charge in [0.2, 0.25) is 5.16 Å². The van der Waals surface area contributed by atoms with Crippen molar-refractivity contribution < 1.29 is 8.81 Å². The smallest absolute Gasteiger partial charge is 0.210 e. The summed E-state index contributed by atoms with van der Waals surface area (Å²) in [5, 5.41) is 11.6. The first-order valence-electron chi connectivity index (χ1n) is 7.28. The average Bonchev–Trinajstić information content (AvgIpc) is 3.35. The average molecular weight is 373 g/mol. The second-order valence-corrected chi connectivity index (χ2v) is 6.89. The Hall–Kier alpha value is -2.65. The number of hydrogen-bond donors (Lipinski definition) is 1. The fourth-order valence-corrected chi connectivity index (χ4v) is 3.84. The van der Waals surface area contributed by atoms with Crippen molar-refractivity contribution in [2.24, 2.45) is 0 Å². The number of halogens is 1. The summed E-state index contributed by atoms with van der Waals surface area (Å²) >= 11 is 2.96. The minimum absolute atomic E-state index is 0.308. The minimum Gasteiger partial charge on any atom is -0.462 e. The summed E-state index contributed by atoms with van der Waals surface area (Å²) in [4.78, 5) is 4.54. The maximum absolute atomic E-state index is 13.0. The van der Waals surface area contributed by atoms with Crippen molar-refractivity contribution in [1.29, 1.82) is 0 Å². The van der Waals surface area contributed by atoms with Crippen LogP contribution < -0.4 is 5.84 Å². The van der Waals surface area contributed by atoms with Crippen LogP contribution in [0.25, 0.3) is 22.2 Å². The Morgan fingerprint density at radius 1 is 1.20 bits per heavy atom. The SMILES string of the molecule is Nn1c(SCc2csc(-c3ccco3)n2)nnc1-c1ccc(F)cc1. The molecule has 0 aliphatic heterocycles. The third kappa shape index (κ3) is 3.28. The Kier molecular flexibility index (Phi) is 4.24. The van der Waals surface area contributed by atoms with Crippen LogP contribution in [0.3, 0.4) is 0 Å². The standard InChI is InChI=1S/C16H12FN5OS2/c17-11-5-3-10(4-6-11)14-20-21-16(22(14)18)25-9-12-8-24-15(19-12)13-2-1-7-23-13/h1-8H,9,18H2. The first-order valence-corrected chi connectivity index (χ1v) is 9.15. The van der Waals surface area contributed by atoms with E-state index in [2.05, 4.69) is 15.2 Å². The van der Waals surface area contributed by atoms with Crippen LogP contribution in [0.1, 0.15) is 5.69 Å². The minimum atomic E-state index is -0.308. The van der Waals surface area contributed by atoms with Gasteiger partial charge in [-0.1, -0.05) is 11.8 Å². The largest absolute Gasteiger partial charge is 0.462 e. The molecule has 1 aromatic carbocycles. The number of aromatic nitrogens is 4. The highest BCUT2D eigenvalue weighted by molar-refractivity contribution is 7.98. The lowest BCUT2D eigenvalue weighted by Crippen LogP contribution is -2.11. The summed E-state index contributed by atoms with van der Waals surface area (Å²) in [6, 6.07) is 9.67. The van der Waals surface area contributed by atoms with Crippen LogP contribution in [0.2, 0.25) is 0 Å². The molecule has 6 nitrogen and oxygen atoms in total. The van der Waals surface area contributed by atoms with Crippen molar-refractivity contribution in [2.45, 2.75) is 10.9 Å². The van der Waals surface area contributed by atoms with Crippen LogP contribution in [-0.2, 0) is 5.75 Å². The Balaban J connectivity index is 1.48. The van der Waals surface area contributed by atoms with Crippen LogP contribution in [0.5, 0.6) is 0 Å². The van der Waals surface area contributed by atoms with Crippen molar-refractivity contribution in [3.63, 3.8) is 0 Å². The molecule has 0 aliphatic rings. The molecule has 25 heavy (non-hydrogen) atoms. The van der Waals surface area contributed by atoms with Crippen LogP contribution in [-0.4, -0.2) is 19.9 Å². The molecule has 0 spiro atoms. The monoisotopic (exact) mass is 373 g/mol. The third-order valence-electron chi connectivity index (χ3n) is 3.40. The number of hydrogen-bond acceptors (Lipinski definition) is 7.